The first-order chi connectivity index (χ1) is 21.3. The van der Waals surface area contributed by atoms with E-state index in [0.717, 1.165) is 12.0 Å². The van der Waals surface area contributed by atoms with Crippen LogP contribution in [0.4, 0.5) is 0 Å². The van der Waals surface area contributed by atoms with Crippen LogP contribution in [0.1, 0.15) is 51.3 Å². The molecule has 0 fully saturated rings. The number of rotatable bonds is 13. The lowest BCUT2D eigenvalue weighted by Gasteiger charge is -2.25. The molecule has 3 aromatic rings. The molecule has 1 aromatic heterocycles. The van der Waals surface area contributed by atoms with E-state index in [4.69, 9.17) is 23.7 Å². The monoisotopic (exact) mass is 624 g/mol. The molecule has 0 N–H and O–H groups in total. The topological polar surface area (TPSA) is 124 Å². The lowest BCUT2D eigenvalue weighted by molar-refractivity contribution is -0.143. The van der Waals surface area contributed by atoms with Gasteiger partial charge in [0.15, 0.2) is 34.4 Å². The molecule has 1 atom stereocenters. The number of thiazole rings is 1. The average Bonchev–Trinajstić information content (AvgIpc) is 3.32. The maximum Gasteiger partial charge on any atom is 0.343 e. The van der Waals surface area contributed by atoms with Crippen LogP contribution in [0, 0.1) is 0 Å². The van der Waals surface area contributed by atoms with Gasteiger partial charge in [-0.1, -0.05) is 30.4 Å². The molecule has 2 heterocycles. The number of fused-ring (bicyclic) bond motifs is 1. The van der Waals surface area contributed by atoms with Gasteiger partial charge < -0.3 is 28.4 Å². The van der Waals surface area contributed by atoms with Crippen LogP contribution < -0.4 is 33.8 Å². The lowest BCUT2D eigenvalue weighted by Crippen LogP contribution is -2.40. The molecule has 44 heavy (non-hydrogen) atoms. The highest BCUT2D eigenvalue weighted by atomic mass is 32.1. The van der Waals surface area contributed by atoms with Crippen molar-refractivity contribution in [3.05, 3.63) is 78.5 Å². The van der Waals surface area contributed by atoms with E-state index in [1.807, 2.05) is 26.0 Å². The first-order valence-electron chi connectivity index (χ1n) is 14.2. The zero-order valence-electron chi connectivity index (χ0n) is 25.6. The van der Waals surface area contributed by atoms with Crippen LogP contribution in [0.15, 0.2) is 57.5 Å². The smallest absolute Gasteiger partial charge is 0.343 e. The average molecular weight is 625 g/mol. The molecule has 0 radical (unpaired) electrons. The first kappa shape index (κ1) is 32.3. The molecule has 0 saturated carbocycles. The maximum absolute atomic E-state index is 14.0. The Morgan fingerprint density at radius 2 is 1.70 bits per heavy atom. The summed E-state index contributed by atoms with van der Waals surface area (Å²) in [4.78, 5) is 44.1. The maximum atomic E-state index is 14.0. The van der Waals surface area contributed by atoms with Gasteiger partial charge >= 0.3 is 11.9 Å². The summed E-state index contributed by atoms with van der Waals surface area (Å²) < 4.78 is 34.7. The Morgan fingerprint density at radius 3 is 2.39 bits per heavy atom. The zero-order valence-corrected chi connectivity index (χ0v) is 26.4. The standard InChI is InChI=1S/C32H36N2O9S/c1-7-14-42-22-12-10-20(15-24(22)38-5)16-26-30(36)34-29(28(31(37)41-9-3)19(4)33-32(34)44-26)21-11-13-23(25(17-21)40-8-2)43-18-27(35)39-6/h10-13,15-17,29H,7-9,14,18H2,1-6H3/b26-16-/t29-/m0/s1. The summed E-state index contributed by atoms with van der Waals surface area (Å²) in [6.07, 6.45) is 2.61. The van der Waals surface area contributed by atoms with Gasteiger partial charge in [-0.2, -0.15) is 0 Å². The molecule has 0 bridgehead atoms. The predicted octanol–water partition coefficient (Wildman–Crippen LogP) is 3.55. The van der Waals surface area contributed by atoms with E-state index in [1.54, 1.807) is 51.3 Å². The number of carbonyl (C=O) groups excluding carboxylic acids is 2. The lowest BCUT2D eigenvalue weighted by atomic mass is 9.95. The van der Waals surface area contributed by atoms with Crippen LogP contribution >= 0.6 is 11.3 Å². The van der Waals surface area contributed by atoms with Crippen molar-refractivity contribution in [3.8, 4) is 23.0 Å². The van der Waals surface area contributed by atoms with Crippen LogP contribution in [-0.2, 0) is 19.1 Å². The molecule has 234 valence electrons. The second kappa shape index (κ2) is 14.7. The molecular weight excluding hydrogens is 588 g/mol. The fraction of sp³-hybridized carbons (Fsp3) is 0.375. The van der Waals surface area contributed by atoms with Crippen molar-refractivity contribution in [1.29, 1.82) is 0 Å². The number of hydrogen-bond acceptors (Lipinski definition) is 11. The minimum atomic E-state index is -0.860. The minimum absolute atomic E-state index is 0.150. The van der Waals surface area contributed by atoms with Crippen molar-refractivity contribution in [3.63, 3.8) is 0 Å². The van der Waals surface area contributed by atoms with Gasteiger partial charge in [-0.05, 0) is 68.7 Å². The van der Waals surface area contributed by atoms with Crippen LogP contribution in [0.2, 0.25) is 0 Å². The normalized spacial score (nSPS) is 14.4. The number of aromatic nitrogens is 1. The number of benzene rings is 2. The Kier molecular flexibility index (Phi) is 10.8. The highest BCUT2D eigenvalue weighted by molar-refractivity contribution is 7.07. The van der Waals surface area contributed by atoms with E-state index < -0.39 is 18.0 Å². The van der Waals surface area contributed by atoms with Gasteiger partial charge in [-0.25, -0.2) is 14.6 Å². The van der Waals surface area contributed by atoms with Gasteiger partial charge in [0.25, 0.3) is 5.56 Å². The summed E-state index contributed by atoms with van der Waals surface area (Å²) in [5.74, 6) is 0.693. The fourth-order valence-electron chi connectivity index (χ4n) is 4.64. The zero-order chi connectivity index (χ0) is 31.8. The second-order valence-electron chi connectivity index (χ2n) is 9.57. The summed E-state index contributed by atoms with van der Waals surface area (Å²) in [5, 5.41) is 0. The Morgan fingerprint density at radius 1 is 0.955 bits per heavy atom. The highest BCUT2D eigenvalue weighted by Crippen LogP contribution is 2.36. The van der Waals surface area contributed by atoms with Crippen LogP contribution in [-0.4, -0.2) is 57.2 Å². The van der Waals surface area contributed by atoms with Gasteiger partial charge in [0, 0.05) is 0 Å². The molecule has 4 rings (SSSR count). The van der Waals surface area contributed by atoms with Crippen molar-refractivity contribution in [1.82, 2.24) is 4.57 Å². The van der Waals surface area contributed by atoms with Gasteiger partial charge in [-0.3, -0.25) is 9.36 Å². The number of carbonyl (C=O) groups is 2. The molecule has 1 aliphatic heterocycles. The Bertz CT molecular complexity index is 1740. The third-order valence-electron chi connectivity index (χ3n) is 6.62. The Labute approximate surface area is 258 Å². The van der Waals surface area contributed by atoms with Crippen molar-refractivity contribution in [2.75, 3.05) is 40.6 Å². The number of ether oxygens (including phenoxy) is 6. The predicted molar refractivity (Wildman–Crippen MR) is 164 cm³/mol. The molecule has 0 amide bonds. The molecule has 0 saturated heterocycles. The van der Waals surface area contributed by atoms with Gasteiger partial charge in [0.2, 0.25) is 0 Å². The summed E-state index contributed by atoms with van der Waals surface area (Å²) in [7, 11) is 2.83. The summed E-state index contributed by atoms with van der Waals surface area (Å²) >= 11 is 1.21. The largest absolute Gasteiger partial charge is 0.493 e. The van der Waals surface area contributed by atoms with Crippen molar-refractivity contribution >= 4 is 29.4 Å². The Balaban J connectivity index is 1.86. The molecule has 0 aliphatic carbocycles. The van der Waals surface area contributed by atoms with Crippen LogP contribution in [0.25, 0.3) is 6.08 Å². The molecule has 1 aliphatic rings. The third kappa shape index (κ3) is 6.96. The number of hydrogen-bond donors (Lipinski definition) is 0. The quantitative estimate of drug-likeness (QED) is 0.263. The number of nitrogens with zero attached hydrogens (tertiary/aromatic N) is 2. The van der Waals surface area contributed by atoms with Crippen LogP contribution in [0.3, 0.4) is 0 Å². The number of allylic oxidation sites excluding steroid dienone is 1. The molecule has 0 spiro atoms. The van der Waals surface area contributed by atoms with E-state index in [9.17, 15) is 14.4 Å². The van der Waals surface area contributed by atoms with E-state index in [-0.39, 0.29) is 24.3 Å². The SMILES string of the molecule is CCCOc1ccc(/C=c2\sc3n(c2=O)[C@@H](c2ccc(OCC(=O)OC)c(OCC)c2)C(C(=O)OCC)=C(C)N=3)cc1OC. The van der Waals surface area contributed by atoms with Crippen LogP contribution in [0.5, 0.6) is 23.0 Å². The third-order valence-corrected chi connectivity index (χ3v) is 7.60. The summed E-state index contributed by atoms with van der Waals surface area (Å²) in [5.41, 5.74) is 1.64. The summed E-state index contributed by atoms with van der Waals surface area (Å²) in [6.45, 7) is 7.97. The fourth-order valence-corrected chi connectivity index (χ4v) is 5.69. The van der Waals surface area contributed by atoms with E-state index in [0.29, 0.717) is 56.8 Å². The van der Waals surface area contributed by atoms with Gasteiger partial charge in [-0.15, -0.1) is 0 Å². The second-order valence-corrected chi connectivity index (χ2v) is 10.6. The molecule has 11 nitrogen and oxygen atoms in total. The van der Waals surface area contributed by atoms with Crippen molar-refractivity contribution < 1.29 is 38.0 Å². The number of methoxy groups -OCH3 is 2. The van der Waals surface area contributed by atoms with Crippen molar-refractivity contribution in [2.24, 2.45) is 4.99 Å². The van der Waals surface area contributed by atoms with E-state index >= 15 is 0 Å². The van der Waals surface area contributed by atoms with Crippen molar-refractivity contribution in [2.45, 2.75) is 40.2 Å². The van der Waals surface area contributed by atoms with E-state index in [2.05, 4.69) is 9.73 Å². The van der Waals surface area contributed by atoms with E-state index in [1.165, 1.54) is 23.0 Å². The molecule has 2 aromatic carbocycles. The molecule has 12 heteroatoms. The molecular formula is C32H36N2O9S. The van der Waals surface area contributed by atoms with Gasteiger partial charge in [0.05, 0.1) is 55.9 Å². The molecule has 0 unspecified atom stereocenters. The minimum Gasteiger partial charge on any atom is -0.493 e. The summed E-state index contributed by atoms with van der Waals surface area (Å²) in [6, 6.07) is 9.64. The number of esters is 2. The first-order valence-corrected chi connectivity index (χ1v) is 15.0. The van der Waals surface area contributed by atoms with Gasteiger partial charge in [0.1, 0.15) is 0 Å². The Hall–Kier alpha value is -4.58. The highest BCUT2D eigenvalue weighted by Gasteiger charge is 2.34.